The van der Waals surface area contributed by atoms with E-state index in [9.17, 15) is 13.2 Å². The van der Waals surface area contributed by atoms with E-state index in [4.69, 9.17) is 0 Å². The van der Waals surface area contributed by atoms with Gasteiger partial charge in [-0.15, -0.1) is 0 Å². The highest BCUT2D eigenvalue weighted by Gasteiger charge is 2.22. The van der Waals surface area contributed by atoms with Crippen molar-refractivity contribution in [3.05, 3.63) is 59.2 Å². The zero-order chi connectivity index (χ0) is 18.0. The highest BCUT2D eigenvalue weighted by molar-refractivity contribution is 7.89. The molecule has 2 aromatic carbocycles. The second kappa shape index (κ2) is 6.98. The van der Waals surface area contributed by atoms with Crippen LogP contribution in [0.3, 0.4) is 0 Å². The molecule has 1 fully saturated rings. The van der Waals surface area contributed by atoms with Gasteiger partial charge in [0.2, 0.25) is 15.9 Å². The summed E-state index contributed by atoms with van der Waals surface area (Å²) in [5.74, 6) is 0.119. The van der Waals surface area contributed by atoms with Crippen LogP contribution in [-0.4, -0.2) is 20.9 Å². The van der Waals surface area contributed by atoms with Crippen LogP contribution in [0.1, 0.15) is 29.5 Å². The van der Waals surface area contributed by atoms with Crippen LogP contribution < -0.4 is 9.62 Å². The summed E-state index contributed by atoms with van der Waals surface area (Å²) in [6, 6.07) is 12.8. The number of benzene rings is 2. The van der Waals surface area contributed by atoms with Gasteiger partial charge in [-0.2, -0.15) is 0 Å². The Morgan fingerprint density at radius 2 is 1.92 bits per heavy atom. The quantitative estimate of drug-likeness (QED) is 0.894. The number of amides is 1. The van der Waals surface area contributed by atoms with Crippen LogP contribution in [0.25, 0.3) is 0 Å². The lowest BCUT2D eigenvalue weighted by molar-refractivity contribution is -0.117. The molecule has 1 amide bonds. The van der Waals surface area contributed by atoms with Crippen molar-refractivity contribution >= 4 is 21.6 Å². The fourth-order valence-electron chi connectivity index (χ4n) is 3.01. The lowest BCUT2D eigenvalue weighted by Gasteiger charge is -2.17. The molecule has 1 heterocycles. The number of anilines is 1. The summed E-state index contributed by atoms with van der Waals surface area (Å²) in [5, 5.41) is 0. The van der Waals surface area contributed by atoms with Crippen LogP contribution >= 0.6 is 0 Å². The van der Waals surface area contributed by atoms with E-state index in [1.165, 1.54) is 0 Å². The van der Waals surface area contributed by atoms with Crippen molar-refractivity contribution in [3.63, 3.8) is 0 Å². The molecule has 2 aromatic rings. The second-order valence-electron chi connectivity index (χ2n) is 6.41. The molecule has 1 aliphatic heterocycles. The zero-order valence-corrected chi connectivity index (χ0v) is 15.3. The predicted molar refractivity (Wildman–Crippen MR) is 98.0 cm³/mol. The highest BCUT2D eigenvalue weighted by Crippen LogP contribution is 2.23. The monoisotopic (exact) mass is 358 g/mol. The lowest BCUT2D eigenvalue weighted by atomic mass is 10.2. The Morgan fingerprint density at radius 3 is 2.64 bits per heavy atom. The Morgan fingerprint density at radius 1 is 1.12 bits per heavy atom. The third-order valence-electron chi connectivity index (χ3n) is 4.40. The van der Waals surface area contributed by atoms with Gasteiger partial charge in [-0.1, -0.05) is 24.3 Å². The molecule has 1 N–H and O–H groups in total. The number of rotatable bonds is 5. The minimum atomic E-state index is -3.58. The first-order valence-corrected chi connectivity index (χ1v) is 9.81. The maximum atomic E-state index is 12.6. The minimum absolute atomic E-state index is 0.119. The molecule has 3 rings (SSSR count). The van der Waals surface area contributed by atoms with Crippen molar-refractivity contribution in [2.45, 2.75) is 38.1 Å². The van der Waals surface area contributed by atoms with Crippen LogP contribution in [0.5, 0.6) is 0 Å². The van der Waals surface area contributed by atoms with Gasteiger partial charge >= 0.3 is 0 Å². The van der Waals surface area contributed by atoms with E-state index in [1.807, 2.05) is 43.3 Å². The molecule has 0 unspecified atom stereocenters. The molecule has 25 heavy (non-hydrogen) atoms. The third kappa shape index (κ3) is 3.91. The topological polar surface area (TPSA) is 66.5 Å². The standard InChI is InChI=1S/C19H22N2O3S/c1-14-8-9-15(2)18(11-14)25(23,24)20-13-16-5-3-6-17(12-16)21-10-4-7-19(21)22/h3,5-6,8-9,11-12,20H,4,7,10,13H2,1-2H3. The molecule has 1 aliphatic rings. The summed E-state index contributed by atoms with van der Waals surface area (Å²) in [6.45, 7) is 4.56. The number of nitrogens with one attached hydrogen (secondary N) is 1. The van der Waals surface area contributed by atoms with Crippen molar-refractivity contribution in [3.8, 4) is 0 Å². The van der Waals surface area contributed by atoms with Gasteiger partial charge in [0.15, 0.2) is 0 Å². The molecular weight excluding hydrogens is 336 g/mol. The van der Waals surface area contributed by atoms with E-state index < -0.39 is 10.0 Å². The Kier molecular flexibility index (Phi) is 4.92. The number of nitrogens with zero attached hydrogens (tertiary/aromatic N) is 1. The molecule has 0 saturated carbocycles. The average Bonchev–Trinajstić information content (AvgIpc) is 3.01. The Hall–Kier alpha value is -2.18. The van der Waals surface area contributed by atoms with E-state index in [-0.39, 0.29) is 12.5 Å². The number of hydrogen-bond acceptors (Lipinski definition) is 3. The number of hydrogen-bond donors (Lipinski definition) is 1. The summed E-state index contributed by atoms with van der Waals surface area (Å²) in [5.41, 5.74) is 3.27. The summed E-state index contributed by atoms with van der Waals surface area (Å²) in [4.78, 5) is 13.9. The van der Waals surface area contributed by atoms with Crippen molar-refractivity contribution in [1.82, 2.24) is 4.72 Å². The SMILES string of the molecule is Cc1ccc(C)c(S(=O)(=O)NCc2cccc(N3CCCC3=O)c2)c1. The number of sulfonamides is 1. The number of aryl methyl sites for hydroxylation is 2. The Labute approximate surface area is 148 Å². The van der Waals surface area contributed by atoms with Gasteiger partial charge in [0.25, 0.3) is 0 Å². The minimum Gasteiger partial charge on any atom is -0.312 e. The zero-order valence-electron chi connectivity index (χ0n) is 14.5. The predicted octanol–water partition coefficient (Wildman–Crippen LogP) is 2.91. The lowest BCUT2D eigenvalue weighted by Crippen LogP contribution is -2.25. The first-order valence-electron chi connectivity index (χ1n) is 8.33. The van der Waals surface area contributed by atoms with Gasteiger partial charge in [0.05, 0.1) is 4.90 Å². The van der Waals surface area contributed by atoms with Gasteiger partial charge in [0.1, 0.15) is 0 Å². The fraction of sp³-hybridized carbons (Fsp3) is 0.316. The fourth-order valence-corrected chi connectivity index (χ4v) is 4.35. The van der Waals surface area contributed by atoms with Crippen molar-refractivity contribution < 1.29 is 13.2 Å². The van der Waals surface area contributed by atoms with Crippen LogP contribution in [0.4, 0.5) is 5.69 Å². The van der Waals surface area contributed by atoms with Gasteiger partial charge in [0, 0.05) is 25.2 Å². The van der Waals surface area contributed by atoms with Crippen LogP contribution in [0, 0.1) is 13.8 Å². The maximum Gasteiger partial charge on any atom is 0.241 e. The number of carbonyl (C=O) groups excluding carboxylic acids is 1. The molecule has 0 aliphatic carbocycles. The van der Waals surface area contributed by atoms with E-state index >= 15 is 0 Å². The first kappa shape index (κ1) is 17.6. The van der Waals surface area contributed by atoms with Gasteiger partial charge in [-0.3, -0.25) is 4.79 Å². The molecule has 132 valence electrons. The van der Waals surface area contributed by atoms with Crippen molar-refractivity contribution in [2.75, 3.05) is 11.4 Å². The molecule has 0 atom stereocenters. The summed E-state index contributed by atoms with van der Waals surface area (Å²) >= 11 is 0. The van der Waals surface area contributed by atoms with Gasteiger partial charge in [-0.25, -0.2) is 13.1 Å². The molecule has 0 aromatic heterocycles. The van der Waals surface area contributed by atoms with Crippen LogP contribution in [0.2, 0.25) is 0 Å². The van der Waals surface area contributed by atoms with Crippen molar-refractivity contribution in [2.24, 2.45) is 0 Å². The van der Waals surface area contributed by atoms with Crippen LogP contribution in [-0.2, 0) is 21.4 Å². The molecule has 5 nitrogen and oxygen atoms in total. The molecule has 0 bridgehead atoms. The number of carbonyl (C=O) groups is 1. The average molecular weight is 358 g/mol. The normalized spacial score (nSPS) is 15.0. The van der Waals surface area contributed by atoms with E-state index in [0.29, 0.717) is 11.3 Å². The van der Waals surface area contributed by atoms with Gasteiger partial charge in [-0.05, 0) is 55.2 Å². The highest BCUT2D eigenvalue weighted by atomic mass is 32.2. The third-order valence-corrected chi connectivity index (χ3v) is 5.94. The van der Waals surface area contributed by atoms with Crippen LogP contribution in [0.15, 0.2) is 47.4 Å². The molecule has 0 spiro atoms. The Bertz CT molecular complexity index is 907. The second-order valence-corrected chi connectivity index (χ2v) is 8.15. The molecule has 6 heteroatoms. The van der Waals surface area contributed by atoms with E-state index in [1.54, 1.807) is 17.9 Å². The molecule has 0 radical (unpaired) electrons. The summed E-state index contributed by atoms with van der Waals surface area (Å²) in [6.07, 6.45) is 1.44. The van der Waals surface area contributed by atoms with Gasteiger partial charge < -0.3 is 4.90 Å². The largest absolute Gasteiger partial charge is 0.312 e. The van der Waals surface area contributed by atoms with Crippen molar-refractivity contribution in [1.29, 1.82) is 0 Å². The first-order chi connectivity index (χ1) is 11.9. The smallest absolute Gasteiger partial charge is 0.241 e. The Balaban J connectivity index is 1.77. The molecular formula is C19H22N2O3S. The van der Waals surface area contributed by atoms with E-state index in [2.05, 4.69) is 4.72 Å². The van der Waals surface area contributed by atoms with E-state index in [0.717, 1.165) is 35.3 Å². The molecule has 1 saturated heterocycles. The maximum absolute atomic E-state index is 12.6. The summed E-state index contributed by atoms with van der Waals surface area (Å²) in [7, 11) is -3.58. The summed E-state index contributed by atoms with van der Waals surface area (Å²) < 4.78 is 27.8.